The molecule has 1 aromatic rings. The van der Waals surface area contributed by atoms with E-state index in [1.54, 1.807) is 14.1 Å². The standard InChI is InChI=1S/C18H26N2O4S/c1-19(2)16(21)11-23-13-18-7-4-9-24-15(18)6-8-20(12-18)17(22)14-5-3-10-25-14/h3,5,10,15H,4,6-9,11-13H2,1-2H3/t15-,18+/m0/s1. The number of ether oxygens (including phenoxy) is 2. The molecule has 2 fully saturated rings. The lowest BCUT2D eigenvalue weighted by Crippen LogP contribution is -2.58. The molecule has 2 amide bonds. The summed E-state index contributed by atoms with van der Waals surface area (Å²) in [5.74, 6) is 0.0368. The van der Waals surface area contributed by atoms with Crippen LogP contribution >= 0.6 is 11.3 Å². The minimum Gasteiger partial charge on any atom is -0.377 e. The molecule has 0 N–H and O–H groups in total. The molecule has 2 aliphatic heterocycles. The lowest BCUT2D eigenvalue weighted by Gasteiger charge is -2.50. The van der Waals surface area contributed by atoms with Crippen molar-refractivity contribution in [2.45, 2.75) is 25.4 Å². The number of fused-ring (bicyclic) bond motifs is 1. The summed E-state index contributed by atoms with van der Waals surface area (Å²) in [4.78, 5) is 28.7. The first-order valence-corrected chi connectivity index (χ1v) is 9.62. The molecule has 2 atom stereocenters. The maximum Gasteiger partial charge on any atom is 0.263 e. The number of likely N-dealkylation sites (N-methyl/N-ethyl adjacent to an activating group) is 1. The highest BCUT2D eigenvalue weighted by Gasteiger charge is 2.47. The minimum absolute atomic E-state index is 0.0491. The Balaban J connectivity index is 1.68. The van der Waals surface area contributed by atoms with Crippen LogP contribution in [-0.2, 0) is 14.3 Å². The first kappa shape index (κ1) is 18.4. The van der Waals surface area contributed by atoms with Crippen molar-refractivity contribution in [2.24, 2.45) is 5.41 Å². The molecule has 1 aromatic heterocycles. The highest BCUT2D eigenvalue weighted by atomic mass is 32.1. The number of hydrogen-bond donors (Lipinski definition) is 0. The van der Waals surface area contributed by atoms with Crippen LogP contribution in [0.2, 0.25) is 0 Å². The first-order valence-electron chi connectivity index (χ1n) is 8.74. The summed E-state index contributed by atoms with van der Waals surface area (Å²) >= 11 is 1.47. The molecule has 6 nitrogen and oxygen atoms in total. The quantitative estimate of drug-likeness (QED) is 0.798. The lowest BCUT2D eigenvalue weighted by molar-refractivity contribution is -0.155. The Hall–Kier alpha value is -1.44. The van der Waals surface area contributed by atoms with E-state index in [1.807, 2.05) is 22.4 Å². The SMILES string of the molecule is CN(C)C(=O)COC[C@]12CCCO[C@H]1CCN(C(=O)c1cccs1)C2. The van der Waals surface area contributed by atoms with Crippen molar-refractivity contribution >= 4 is 23.2 Å². The lowest BCUT2D eigenvalue weighted by atomic mass is 9.73. The van der Waals surface area contributed by atoms with Crippen LogP contribution in [0.1, 0.15) is 28.9 Å². The Morgan fingerprint density at radius 1 is 1.48 bits per heavy atom. The molecule has 0 saturated carbocycles. The Bertz CT molecular complexity index is 604. The van der Waals surface area contributed by atoms with Crippen molar-refractivity contribution in [3.63, 3.8) is 0 Å². The maximum atomic E-state index is 12.7. The monoisotopic (exact) mass is 366 g/mol. The Labute approximate surface area is 152 Å². The van der Waals surface area contributed by atoms with Gasteiger partial charge in [0.25, 0.3) is 5.91 Å². The van der Waals surface area contributed by atoms with Crippen molar-refractivity contribution in [1.29, 1.82) is 0 Å². The van der Waals surface area contributed by atoms with E-state index in [-0.39, 0.29) is 29.9 Å². The normalized spacial score (nSPS) is 26.2. The van der Waals surface area contributed by atoms with Crippen molar-refractivity contribution < 1.29 is 19.1 Å². The summed E-state index contributed by atoms with van der Waals surface area (Å²) in [5.41, 5.74) is -0.212. The summed E-state index contributed by atoms with van der Waals surface area (Å²) in [6.07, 6.45) is 2.84. The highest BCUT2D eigenvalue weighted by Crippen LogP contribution is 2.41. The zero-order valence-corrected chi connectivity index (χ0v) is 15.7. The van der Waals surface area contributed by atoms with Crippen LogP contribution in [-0.4, -0.2) is 74.7 Å². The van der Waals surface area contributed by atoms with Gasteiger partial charge in [0.1, 0.15) is 6.61 Å². The largest absolute Gasteiger partial charge is 0.377 e. The van der Waals surface area contributed by atoms with Crippen LogP contribution in [0.5, 0.6) is 0 Å². The molecule has 0 spiro atoms. The molecular weight excluding hydrogens is 340 g/mol. The first-order chi connectivity index (χ1) is 12.0. The van der Waals surface area contributed by atoms with Crippen LogP contribution in [0.15, 0.2) is 17.5 Å². The predicted octanol–water partition coefficient (Wildman–Crippen LogP) is 1.86. The second-order valence-electron chi connectivity index (χ2n) is 7.10. The molecular formula is C18H26N2O4S. The third kappa shape index (κ3) is 4.04. The zero-order chi connectivity index (χ0) is 17.9. The van der Waals surface area contributed by atoms with Gasteiger partial charge in [-0.1, -0.05) is 6.07 Å². The van der Waals surface area contributed by atoms with Crippen molar-refractivity contribution in [3.8, 4) is 0 Å². The van der Waals surface area contributed by atoms with E-state index in [9.17, 15) is 9.59 Å². The van der Waals surface area contributed by atoms with Gasteiger partial charge < -0.3 is 19.3 Å². The van der Waals surface area contributed by atoms with Crippen molar-refractivity contribution in [2.75, 3.05) is 47.0 Å². The predicted molar refractivity (Wildman–Crippen MR) is 95.8 cm³/mol. The molecule has 0 radical (unpaired) electrons. The maximum absolute atomic E-state index is 12.7. The van der Waals surface area contributed by atoms with Crippen LogP contribution in [0.4, 0.5) is 0 Å². The summed E-state index contributed by atoms with van der Waals surface area (Å²) in [7, 11) is 3.44. The van der Waals surface area contributed by atoms with Gasteiger partial charge in [-0.25, -0.2) is 0 Å². The summed E-state index contributed by atoms with van der Waals surface area (Å²) in [6.45, 7) is 2.62. The Morgan fingerprint density at radius 2 is 2.32 bits per heavy atom. The van der Waals surface area contributed by atoms with E-state index >= 15 is 0 Å². The fraction of sp³-hybridized carbons (Fsp3) is 0.667. The molecule has 138 valence electrons. The molecule has 3 heterocycles. The average molecular weight is 366 g/mol. The van der Waals surface area contributed by atoms with E-state index in [1.165, 1.54) is 16.2 Å². The number of amides is 2. The highest BCUT2D eigenvalue weighted by molar-refractivity contribution is 7.12. The van der Waals surface area contributed by atoms with E-state index in [2.05, 4.69) is 0 Å². The summed E-state index contributed by atoms with van der Waals surface area (Å²) in [6, 6.07) is 3.77. The number of likely N-dealkylation sites (tertiary alicyclic amines) is 1. The molecule has 0 unspecified atom stereocenters. The zero-order valence-electron chi connectivity index (χ0n) is 14.9. The second-order valence-corrected chi connectivity index (χ2v) is 8.05. The third-order valence-electron chi connectivity index (χ3n) is 5.12. The number of thiophene rings is 1. The van der Waals surface area contributed by atoms with Crippen molar-refractivity contribution in [1.82, 2.24) is 9.80 Å². The van der Waals surface area contributed by atoms with Crippen LogP contribution < -0.4 is 0 Å². The molecule has 3 rings (SSSR count). The molecule has 0 aliphatic carbocycles. The molecule has 2 aliphatic rings. The molecule has 0 bridgehead atoms. The second kappa shape index (κ2) is 7.85. The third-order valence-corrected chi connectivity index (χ3v) is 5.98. The van der Waals surface area contributed by atoms with Gasteiger partial charge in [-0.2, -0.15) is 0 Å². The van der Waals surface area contributed by atoms with Gasteiger partial charge in [-0.3, -0.25) is 9.59 Å². The minimum atomic E-state index is -0.212. The van der Waals surface area contributed by atoms with E-state index in [0.29, 0.717) is 19.7 Å². The van der Waals surface area contributed by atoms with E-state index in [0.717, 1.165) is 30.7 Å². The smallest absolute Gasteiger partial charge is 0.263 e. The van der Waals surface area contributed by atoms with Crippen LogP contribution in [0.3, 0.4) is 0 Å². The number of piperidine rings is 1. The molecule has 0 aromatic carbocycles. The van der Waals surface area contributed by atoms with Gasteiger partial charge in [0.2, 0.25) is 5.91 Å². The fourth-order valence-electron chi connectivity index (χ4n) is 3.70. The number of hydrogen-bond acceptors (Lipinski definition) is 5. The van der Waals surface area contributed by atoms with E-state index in [4.69, 9.17) is 9.47 Å². The summed E-state index contributed by atoms with van der Waals surface area (Å²) < 4.78 is 11.8. The van der Waals surface area contributed by atoms with Gasteiger partial charge in [-0.15, -0.1) is 11.3 Å². The molecule has 2 saturated heterocycles. The summed E-state index contributed by atoms with van der Waals surface area (Å²) in [5, 5.41) is 1.93. The number of rotatable bonds is 5. The van der Waals surface area contributed by atoms with Crippen LogP contribution in [0.25, 0.3) is 0 Å². The van der Waals surface area contributed by atoms with Crippen molar-refractivity contribution in [3.05, 3.63) is 22.4 Å². The van der Waals surface area contributed by atoms with Gasteiger partial charge in [-0.05, 0) is 30.7 Å². The van der Waals surface area contributed by atoms with Gasteiger partial charge in [0.05, 0.1) is 17.6 Å². The van der Waals surface area contributed by atoms with Crippen LogP contribution in [0, 0.1) is 5.41 Å². The Kier molecular flexibility index (Phi) is 5.76. The topological polar surface area (TPSA) is 59.1 Å². The average Bonchev–Trinajstić information content (AvgIpc) is 3.15. The van der Waals surface area contributed by atoms with Gasteiger partial charge in [0.15, 0.2) is 0 Å². The molecule has 7 heteroatoms. The van der Waals surface area contributed by atoms with Gasteiger partial charge >= 0.3 is 0 Å². The molecule has 25 heavy (non-hydrogen) atoms. The number of carbonyl (C=O) groups excluding carboxylic acids is 2. The number of carbonyl (C=O) groups is 2. The van der Waals surface area contributed by atoms with Gasteiger partial charge in [0, 0.05) is 39.2 Å². The Morgan fingerprint density at radius 3 is 3.04 bits per heavy atom. The number of nitrogens with zero attached hydrogens (tertiary/aromatic N) is 2. The van der Waals surface area contributed by atoms with E-state index < -0.39 is 0 Å². The fourth-order valence-corrected chi connectivity index (χ4v) is 4.39.